The maximum Gasteiger partial charge on any atom is 0.336 e. The average Bonchev–Trinajstić information content (AvgIpc) is 2.59. The summed E-state index contributed by atoms with van der Waals surface area (Å²) >= 11 is 6.25. The summed E-state index contributed by atoms with van der Waals surface area (Å²) in [7, 11) is 2.44. The van der Waals surface area contributed by atoms with Crippen molar-refractivity contribution in [2.45, 2.75) is 19.8 Å². The van der Waals surface area contributed by atoms with E-state index in [-0.39, 0.29) is 21.9 Å². The second-order valence-corrected chi connectivity index (χ2v) is 5.99. The van der Waals surface area contributed by atoms with Crippen LogP contribution in [0.1, 0.15) is 25.3 Å². The molecule has 1 aromatic rings. The Morgan fingerprint density at radius 1 is 1.12 bits per heavy atom. The molecule has 0 atom stereocenters. The van der Waals surface area contributed by atoms with E-state index in [9.17, 15) is 19.7 Å². The summed E-state index contributed by atoms with van der Waals surface area (Å²) in [6.07, 6.45) is 0. The van der Waals surface area contributed by atoms with Crippen LogP contribution in [0, 0.1) is 10.1 Å². The van der Waals surface area contributed by atoms with E-state index >= 15 is 0 Å². The van der Waals surface area contributed by atoms with Crippen LogP contribution >= 0.6 is 11.6 Å². The number of non-ortho nitro benzene ring substituents is 1. The Kier molecular flexibility index (Phi) is 5.66. The topological polar surface area (TPSA) is 108 Å². The minimum Gasteiger partial charge on any atom is -0.466 e. The molecule has 2 rings (SSSR count). The fourth-order valence-electron chi connectivity index (χ4n) is 2.93. The van der Waals surface area contributed by atoms with Crippen molar-refractivity contribution in [3.63, 3.8) is 0 Å². The number of nitro groups is 1. The van der Waals surface area contributed by atoms with E-state index in [1.807, 2.05) is 0 Å². The van der Waals surface area contributed by atoms with Gasteiger partial charge in [-0.3, -0.25) is 10.1 Å². The minimum absolute atomic E-state index is 0.0505. The van der Waals surface area contributed by atoms with Crippen molar-refractivity contribution in [2.75, 3.05) is 14.2 Å². The number of nitro benzene ring substituents is 1. The van der Waals surface area contributed by atoms with Gasteiger partial charge in [-0.1, -0.05) is 11.6 Å². The third kappa shape index (κ3) is 3.41. The number of allylic oxidation sites excluding steroid dienone is 2. The second-order valence-electron chi connectivity index (χ2n) is 5.58. The molecule has 1 aromatic carbocycles. The number of benzene rings is 1. The van der Waals surface area contributed by atoms with Gasteiger partial charge in [0.1, 0.15) is 0 Å². The summed E-state index contributed by atoms with van der Waals surface area (Å²) in [5.41, 5.74) is 1.48. The molecule has 1 aliphatic rings. The highest BCUT2D eigenvalue weighted by Crippen LogP contribution is 2.42. The lowest BCUT2D eigenvalue weighted by Crippen LogP contribution is -2.32. The van der Waals surface area contributed by atoms with E-state index in [0.29, 0.717) is 17.0 Å². The lowest BCUT2D eigenvalue weighted by Gasteiger charge is -2.30. The smallest absolute Gasteiger partial charge is 0.336 e. The first kappa shape index (κ1) is 19.5. The Hall–Kier alpha value is -2.87. The second kappa shape index (κ2) is 7.57. The molecule has 1 N–H and O–H groups in total. The van der Waals surface area contributed by atoms with Gasteiger partial charge in [-0.15, -0.1) is 0 Å². The Labute approximate surface area is 154 Å². The molecule has 0 saturated heterocycles. The highest BCUT2D eigenvalue weighted by atomic mass is 35.5. The van der Waals surface area contributed by atoms with Gasteiger partial charge in [0.05, 0.1) is 41.2 Å². The van der Waals surface area contributed by atoms with Crippen molar-refractivity contribution in [3.8, 4) is 0 Å². The molecule has 1 heterocycles. The average molecular weight is 381 g/mol. The van der Waals surface area contributed by atoms with E-state index in [1.54, 1.807) is 13.8 Å². The van der Waals surface area contributed by atoms with E-state index in [2.05, 4.69) is 5.32 Å². The van der Waals surface area contributed by atoms with Crippen LogP contribution in [-0.2, 0) is 19.1 Å². The van der Waals surface area contributed by atoms with Gasteiger partial charge in [-0.05, 0) is 25.5 Å². The molecule has 0 fully saturated rings. The fraction of sp³-hybridized carbons (Fsp3) is 0.294. The summed E-state index contributed by atoms with van der Waals surface area (Å²) in [6.45, 7) is 3.33. The number of carbonyl (C=O) groups is 2. The number of nitrogens with zero attached hydrogens (tertiary/aromatic N) is 1. The van der Waals surface area contributed by atoms with Crippen LogP contribution in [0.3, 0.4) is 0 Å². The molecule has 0 aliphatic carbocycles. The van der Waals surface area contributed by atoms with Gasteiger partial charge < -0.3 is 14.8 Å². The molecule has 26 heavy (non-hydrogen) atoms. The predicted molar refractivity (Wildman–Crippen MR) is 93.4 cm³/mol. The molecule has 0 bridgehead atoms. The number of dihydropyridines is 1. The van der Waals surface area contributed by atoms with Gasteiger partial charge in [-0.2, -0.15) is 0 Å². The molecule has 138 valence electrons. The third-order valence-corrected chi connectivity index (χ3v) is 4.40. The van der Waals surface area contributed by atoms with Gasteiger partial charge in [0, 0.05) is 23.5 Å². The molecule has 8 nitrogen and oxygen atoms in total. The van der Waals surface area contributed by atoms with Crippen LogP contribution in [0.25, 0.3) is 0 Å². The monoisotopic (exact) mass is 380 g/mol. The highest BCUT2D eigenvalue weighted by molar-refractivity contribution is 6.31. The van der Waals surface area contributed by atoms with Crippen LogP contribution in [0.15, 0.2) is 40.7 Å². The molecule has 0 aromatic heterocycles. The van der Waals surface area contributed by atoms with E-state index in [0.717, 1.165) is 0 Å². The number of rotatable bonds is 4. The third-order valence-electron chi connectivity index (χ3n) is 4.08. The number of halogens is 1. The number of hydrogen-bond donors (Lipinski definition) is 1. The van der Waals surface area contributed by atoms with E-state index in [4.69, 9.17) is 21.1 Å². The zero-order valence-electron chi connectivity index (χ0n) is 14.6. The predicted octanol–water partition coefficient (Wildman–Crippen LogP) is 2.83. The summed E-state index contributed by atoms with van der Waals surface area (Å²) in [4.78, 5) is 35.1. The number of carbonyl (C=O) groups excluding carboxylic acids is 2. The first-order valence-corrected chi connectivity index (χ1v) is 7.89. The van der Waals surface area contributed by atoms with Crippen molar-refractivity contribution in [1.82, 2.24) is 5.32 Å². The zero-order chi connectivity index (χ0) is 19.6. The number of ether oxygens (including phenoxy) is 2. The Bertz CT molecular complexity index is 821. The Morgan fingerprint density at radius 3 is 2.00 bits per heavy atom. The Balaban J connectivity index is 2.74. The summed E-state index contributed by atoms with van der Waals surface area (Å²) in [5.74, 6) is -2.18. The van der Waals surface area contributed by atoms with Crippen molar-refractivity contribution < 1.29 is 24.0 Å². The van der Waals surface area contributed by atoms with Gasteiger partial charge >= 0.3 is 11.9 Å². The Morgan fingerprint density at radius 2 is 1.62 bits per heavy atom. The number of esters is 2. The van der Waals surface area contributed by atoms with Crippen molar-refractivity contribution >= 4 is 29.2 Å². The van der Waals surface area contributed by atoms with Gasteiger partial charge in [0.25, 0.3) is 5.69 Å². The van der Waals surface area contributed by atoms with Crippen molar-refractivity contribution in [1.29, 1.82) is 0 Å². The van der Waals surface area contributed by atoms with Crippen LogP contribution in [0.2, 0.25) is 5.02 Å². The number of nitrogens with one attached hydrogen (secondary N) is 1. The molecule has 0 amide bonds. The molecular weight excluding hydrogens is 364 g/mol. The van der Waals surface area contributed by atoms with Crippen LogP contribution in [-0.4, -0.2) is 31.1 Å². The van der Waals surface area contributed by atoms with Crippen molar-refractivity contribution in [3.05, 3.63) is 61.4 Å². The number of methoxy groups -OCH3 is 2. The highest BCUT2D eigenvalue weighted by Gasteiger charge is 2.38. The summed E-state index contributed by atoms with van der Waals surface area (Å²) < 4.78 is 9.70. The van der Waals surface area contributed by atoms with Crippen LogP contribution < -0.4 is 5.32 Å². The zero-order valence-corrected chi connectivity index (χ0v) is 15.3. The molecule has 9 heteroatoms. The molecule has 0 radical (unpaired) electrons. The number of hydrogen-bond acceptors (Lipinski definition) is 7. The molecule has 0 unspecified atom stereocenters. The lowest BCUT2D eigenvalue weighted by molar-refractivity contribution is -0.384. The quantitative estimate of drug-likeness (QED) is 0.486. The summed E-state index contributed by atoms with van der Waals surface area (Å²) in [6, 6.07) is 3.86. The molecule has 1 aliphatic heterocycles. The summed E-state index contributed by atoms with van der Waals surface area (Å²) in [5, 5.41) is 14.0. The SMILES string of the molecule is COC(=O)C1=C(C)NC(C)=C(C(=O)OC)C1c1ccc([N+](=O)[O-])cc1Cl. The van der Waals surface area contributed by atoms with E-state index in [1.165, 1.54) is 32.4 Å². The van der Waals surface area contributed by atoms with Gasteiger partial charge in [-0.25, -0.2) is 9.59 Å². The normalized spacial score (nSPS) is 14.8. The van der Waals surface area contributed by atoms with Crippen molar-refractivity contribution in [2.24, 2.45) is 0 Å². The largest absolute Gasteiger partial charge is 0.466 e. The van der Waals surface area contributed by atoms with Crippen LogP contribution in [0.4, 0.5) is 5.69 Å². The first-order valence-electron chi connectivity index (χ1n) is 7.51. The minimum atomic E-state index is -0.885. The van der Waals surface area contributed by atoms with E-state index < -0.39 is 22.8 Å². The maximum atomic E-state index is 12.4. The molecule has 0 saturated carbocycles. The van der Waals surface area contributed by atoms with Crippen LogP contribution in [0.5, 0.6) is 0 Å². The molecule has 0 spiro atoms. The standard InChI is InChI=1S/C17H17ClN2O6/c1-8-13(16(21)25-3)15(14(9(2)19-8)17(22)26-4)11-6-5-10(20(23)24)7-12(11)18/h5-7,15,19H,1-4H3. The van der Waals surface area contributed by atoms with Gasteiger partial charge in [0.15, 0.2) is 0 Å². The van der Waals surface area contributed by atoms with Gasteiger partial charge in [0.2, 0.25) is 0 Å². The lowest BCUT2D eigenvalue weighted by atomic mass is 9.80. The molecular formula is C17H17ClN2O6. The maximum absolute atomic E-state index is 12.4. The fourth-order valence-corrected chi connectivity index (χ4v) is 3.21. The first-order chi connectivity index (χ1) is 12.2.